The number of nitrogens with zero attached hydrogens (tertiary/aromatic N) is 1. The summed E-state index contributed by atoms with van der Waals surface area (Å²) in [5.74, 6) is 0.553. The van der Waals surface area contributed by atoms with Crippen molar-refractivity contribution in [3.05, 3.63) is 35.9 Å². The number of hydrogen-bond donors (Lipinski definition) is 2. The van der Waals surface area contributed by atoms with Gasteiger partial charge in [-0.3, -0.25) is 5.32 Å². The highest BCUT2D eigenvalue weighted by molar-refractivity contribution is 5.90. The molecule has 22 heavy (non-hydrogen) atoms. The highest BCUT2D eigenvalue weighted by atomic mass is 16.2. The number of aromatic nitrogens is 1. The second-order valence-electron chi connectivity index (χ2n) is 7.68. The molecule has 118 valence electrons. The highest BCUT2D eigenvalue weighted by Gasteiger charge is 2.15. The van der Waals surface area contributed by atoms with Crippen LogP contribution in [0.2, 0.25) is 0 Å². The molecule has 4 nitrogen and oxygen atoms in total. The highest BCUT2D eigenvalue weighted by Crippen LogP contribution is 2.26. The molecule has 0 radical (unpaired) electrons. The lowest BCUT2D eigenvalue weighted by Crippen LogP contribution is -2.43. The average Bonchev–Trinajstić information content (AvgIpc) is 2.34. The fraction of sp³-hybridized carbons (Fsp3) is 0.444. The number of hydrogen-bond acceptors (Lipinski definition) is 2. The van der Waals surface area contributed by atoms with E-state index in [1.807, 2.05) is 39.0 Å². The summed E-state index contributed by atoms with van der Waals surface area (Å²) in [7, 11) is 0. The van der Waals surface area contributed by atoms with E-state index in [1.165, 1.54) is 5.56 Å². The normalized spacial score (nSPS) is 12.3. The van der Waals surface area contributed by atoms with Crippen molar-refractivity contribution in [2.45, 2.75) is 52.5 Å². The SMILES string of the molecule is CC(C)(C)NC(=O)Nc1ccc2cc(C(C)(C)C)ccc2n1. The molecule has 0 saturated carbocycles. The summed E-state index contributed by atoms with van der Waals surface area (Å²) in [5, 5.41) is 6.71. The second-order valence-corrected chi connectivity index (χ2v) is 7.68. The summed E-state index contributed by atoms with van der Waals surface area (Å²) < 4.78 is 0. The van der Waals surface area contributed by atoms with Crippen LogP contribution < -0.4 is 10.6 Å². The van der Waals surface area contributed by atoms with Crippen molar-refractivity contribution in [2.24, 2.45) is 0 Å². The molecule has 0 fully saturated rings. The predicted molar refractivity (Wildman–Crippen MR) is 92.4 cm³/mol. The zero-order valence-electron chi connectivity index (χ0n) is 14.2. The van der Waals surface area contributed by atoms with E-state index >= 15 is 0 Å². The Balaban J connectivity index is 2.23. The van der Waals surface area contributed by atoms with Gasteiger partial charge in [0.15, 0.2) is 0 Å². The fourth-order valence-electron chi connectivity index (χ4n) is 2.15. The van der Waals surface area contributed by atoms with Gasteiger partial charge in [-0.25, -0.2) is 9.78 Å². The van der Waals surface area contributed by atoms with Crippen LogP contribution in [0.3, 0.4) is 0 Å². The maximum Gasteiger partial charge on any atom is 0.320 e. The Bertz CT molecular complexity index is 694. The lowest BCUT2D eigenvalue weighted by Gasteiger charge is -2.21. The van der Waals surface area contributed by atoms with E-state index in [2.05, 4.69) is 48.5 Å². The number of anilines is 1. The number of rotatable bonds is 1. The van der Waals surface area contributed by atoms with Gasteiger partial charge in [-0.2, -0.15) is 0 Å². The predicted octanol–water partition coefficient (Wildman–Crippen LogP) is 4.45. The number of urea groups is 1. The van der Waals surface area contributed by atoms with Crippen molar-refractivity contribution in [3.63, 3.8) is 0 Å². The molecule has 0 spiro atoms. The van der Waals surface area contributed by atoms with E-state index in [0.29, 0.717) is 5.82 Å². The Morgan fingerprint density at radius 3 is 2.27 bits per heavy atom. The third kappa shape index (κ3) is 4.20. The van der Waals surface area contributed by atoms with Crippen LogP contribution in [0, 0.1) is 0 Å². The van der Waals surface area contributed by atoms with E-state index in [0.717, 1.165) is 10.9 Å². The zero-order chi connectivity index (χ0) is 16.5. The van der Waals surface area contributed by atoms with Gasteiger partial charge in [-0.05, 0) is 56.0 Å². The molecule has 4 heteroatoms. The number of fused-ring (bicyclic) bond motifs is 1. The van der Waals surface area contributed by atoms with Gasteiger partial charge in [0.2, 0.25) is 0 Å². The van der Waals surface area contributed by atoms with E-state index in [4.69, 9.17) is 0 Å². The van der Waals surface area contributed by atoms with Crippen molar-refractivity contribution < 1.29 is 4.79 Å². The summed E-state index contributed by atoms with van der Waals surface area (Å²) in [6.45, 7) is 12.4. The molecule has 0 aliphatic rings. The van der Waals surface area contributed by atoms with Crippen molar-refractivity contribution in [1.29, 1.82) is 0 Å². The van der Waals surface area contributed by atoms with Gasteiger partial charge in [0.05, 0.1) is 5.52 Å². The van der Waals surface area contributed by atoms with Crippen LogP contribution in [-0.2, 0) is 5.41 Å². The first-order chi connectivity index (χ1) is 10.0. The maximum atomic E-state index is 11.9. The molecule has 0 saturated heterocycles. The van der Waals surface area contributed by atoms with Gasteiger partial charge in [0, 0.05) is 10.9 Å². The van der Waals surface area contributed by atoms with Gasteiger partial charge < -0.3 is 5.32 Å². The minimum atomic E-state index is -0.275. The topological polar surface area (TPSA) is 54.0 Å². The molecule has 0 unspecified atom stereocenters. The lowest BCUT2D eigenvalue weighted by molar-refractivity contribution is 0.243. The Morgan fingerprint density at radius 1 is 1.00 bits per heavy atom. The largest absolute Gasteiger partial charge is 0.333 e. The molecular formula is C18H25N3O. The number of pyridine rings is 1. The Hall–Kier alpha value is -2.10. The third-order valence-electron chi connectivity index (χ3n) is 3.29. The number of carbonyl (C=O) groups excluding carboxylic acids is 1. The minimum absolute atomic E-state index is 0.109. The Labute approximate surface area is 132 Å². The quantitative estimate of drug-likeness (QED) is 0.817. The van der Waals surface area contributed by atoms with E-state index in [9.17, 15) is 4.79 Å². The number of nitrogens with one attached hydrogen (secondary N) is 2. The zero-order valence-corrected chi connectivity index (χ0v) is 14.2. The molecule has 1 aromatic carbocycles. The first-order valence-corrected chi connectivity index (χ1v) is 7.55. The Morgan fingerprint density at radius 2 is 1.68 bits per heavy atom. The van der Waals surface area contributed by atoms with E-state index in [-0.39, 0.29) is 17.0 Å². The molecule has 1 aromatic heterocycles. The summed E-state index contributed by atoms with van der Waals surface area (Å²) in [6.07, 6.45) is 0. The molecular weight excluding hydrogens is 274 g/mol. The third-order valence-corrected chi connectivity index (χ3v) is 3.29. The standard InChI is InChI=1S/C18H25N3O/c1-17(2,3)13-8-9-14-12(11-13)7-10-15(19-14)20-16(22)21-18(4,5)6/h7-11H,1-6H3,(H2,19,20,21,22). The summed E-state index contributed by atoms with van der Waals surface area (Å²) in [4.78, 5) is 16.4. The van der Waals surface area contributed by atoms with Gasteiger partial charge in [-0.1, -0.05) is 26.8 Å². The summed E-state index contributed by atoms with van der Waals surface area (Å²) in [5.41, 5.74) is 1.98. The number of amides is 2. The van der Waals surface area contributed by atoms with Crippen LogP contribution in [0.5, 0.6) is 0 Å². The second kappa shape index (κ2) is 5.59. The smallest absolute Gasteiger partial charge is 0.320 e. The first kappa shape index (κ1) is 16.3. The molecule has 2 amide bonds. The van der Waals surface area contributed by atoms with Crippen molar-refractivity contribution in [2.75, 3.05) is 5.32 Å². The molecule has 2 aromatic rings. The van der Waals surface area contributed by atoms with Crippen molar-refractivity contribution in [1.82, 2.24) is 10.3 Å². The van der Waals surface area contributed by atoms with E-state index in [1.54, 1.807) is 0 Å². The van der Waals surface area contributed by atoms with Crippen LogP contribution >= 0.6 is 0 Å². The molecule has 2 rings (SSSR count). The molecule has 0 atom stereocenters. The van der Waals surface area contributed by atoms with Crippen LogP contribution in [0.15, 0.2) is 30.3 Å². The number of benzene rings is 1. The molecule has 1 heterocycles. The summed E-state index contributed by atoms with van der Waals surface area (Å²) >= 11 is 0. The van der Waals surface area contributed by atoms with Gasteiger partial charge >= 0.3 is 6.03 Å². The summed E-state index contributed by atoms with van der Waals surface area (Å²) in [6, 6.07) is 9.82. The monoisotopic (exact) mass is 299 g/mol. The molecule has 0 aliphatic carbocycles. The Kier molecular flexibility index (Phi) is 4.14. The first-order valence-electron chi connectivity index (χ1n) is 7.55. The maximum absolute atomic E-state index is 11.9. The van der Waals surface area contributed by atoms with Gasteiger partial charge in [0.1, 0.15) is 5.82 Å². The average molecular weight is 299 g/mol. The van der Waals surface area contributed by atoms with Gasteiger partial charge in [0.25, 0.3) is 0 Å². The number of carbonyl (C=O) groups is 1. The van der Waals surface area contributed by atoms with Crippen molar-refractivity contribution >= 4 is 22.8 Å². The minimum Gasteiger partial charge on any atom is -0.333 e. The molecule has 0 aliphatic heterocycles. The van der Waals surface area contributed by atoms with Crippen LogP contribution in [0.1, 0.15) is 47.1 Å². The fourth-order valence-corrected chi connectivity index (χ4v) is 2.15. The van der Waals surface area contributed by atoms with Crippen molar-refractivity contribution in [3.8, 4) is 0 Å². The lowest BCUT2D eigenvalue weighted by atomic mass is 9.86. The molecule has 2 N–H and O–H groups in total. The van der Waals surface area contributed by atoms with Gasteiger partial charge in [-0.15, -0.1) is 0 Å². The van der Waals surface area contributed by atoms with E-state index < -0.39 is 0 Å². The molecule has 0 bridgehead atoms. The van der Waals surface area contributed by atoms with Crippen LogP contribution in [0.4, 0.5) is 10.6 Å². The van der Waals surface area contributed by atoms with Crippen LogP contribution in [0.25, 0.3) is 10.9 Å². The van der Waals surface area contributed by atoms with Crippen LogP contribution in [-0.4, -0.2) is 16.6 Å².